The lowest BCUT2D eigenvalue weighted by molar-refractivity contribution is -0.385. The van der Waals surface area contributed by atoms with Crippen molar-refractivity contribution in [2.75, 3.05) is 0 Å². The molecule has 0 fully saturated rings. The number of esters is 1. The van der Waals surface area contributed by atoms with Crippen LogP contribution in [0.1, 0.15) is 17.5 Å². The van der Waals surface area contributed by atoms with Crippen LogP contribution in [0.5, 0.6) is 5.75 Å². The first kappa shape index (κ1) is 16.0. The van der Waals surface area contributed by atoms with Crippen LogP contribution in [0.4, 0.5) is 5.69 Å². The molecule has 5 nitrogen and oxygen atoms in total. The second kappa shape index (κ2) is 7.04. The van der Waals surface area contributed by atoms with Crippen LogP contribution in [0.15, 0.2) is 42.5 Å². The molecule has 22 heavy (non-hydrogen) atoms. The van der Waals surface area contributed by atoms with Gasteiger partial charge in [0.15, 0.2) is 0 Å². The molecule has 0 N–H and O–H groups in total. The number of aryl methyl sites for hydroxylation is 2. The Hall–Kier alpha value is -2.40. The fourth-order valence-electron chi connectivity index (χ4n) is 1.98. The van der Waals surface area contributed by atoms with Gasteiger partial charge in [0.2, 0.25) is 0 Å². The van der Waals surface area contributed by atoms with Gasteiger partial charge in [-0.1, -0.05) is 23.7 Å². The molecule has 0 unspecified atom stereocenters. The van der Waals surface area contributed by atoms with Crippen molar-refractivity contribution in [2.45, 2.75) is 19.8 Å². The first-order valence-corrected chi connectivity index (χ1v) is 7.03. The Morgan fingerprint density at radius 1 is 1.23 bits per heavy atom. The number of halogens is 1. The molecular formula is C16H14ClNO4. The van der Waals surface area contributed by atoms with Crippen LogP contribution in [0, 0.1) is 17.0 Å². The first-order chi connectivity index (χ1) is 10.5. The number of nitro groups is 1. The number of rotatable bonds is 5. The van der Waals surface area contributed by atoms with Crippen molar-refractivity contribution in [3.05, 3.63) is 68.7 Å². The zero-order valence-corrected chi connectivity index (χ0v) is 12.7. The van der Waals surface area contributed by atoms with E-state index in [4.69, 9.17) is 16.3 Å². The molecule has 0 amide bonds. The Labute approximate surface area is 132 Å². The van der Waals surface area contributed by atoms with E-state index >= 15 is 0 Å². The minimum absolute atomic E-state index is 0.000892. The van der Waals surface area contributed by atoms with Crippen molar-refractivity contribution in [1.82, 2.24) is 0 Å². The summed E-state index contributed by atoms with van der Waals surface area (Å²) in [6.45, 7) is 1.60. The van der Waals surface area contributed by atoms with E-state index in [1.807, 2.05) is 12.1 Å². The van der Waals surface area contributed by atoms with Crippen LogP contribution in [0.25, 0.3) is 0 Å². The maximum atomic E-state index is 11.8. The smallest absolute Gasteiger partial charge is 0.311 e. The van der Waals surface area contributed by atoms with Crippen molar-refractivity contribution in [2.24, 2.45) is 0 Å². The Morgan fingerprint density at radius 3 is 2.50 bits per heavy atom. The molecule has 0 radical (unpaired) electrons. The second-order valence-corrected chi connectivity index (χ2v) is 5.24. The van der Waals surface area contributed by atoms with Crippen molar-refractivity contribution in [3.63, 3.8) is 0 Å². The average Bonchev–Trinajstić information content (AvgIpc) is 2.46. The van der Waals surface area contributed by atoms with E-state index in [0.717, 1.165) is 5.56 Å². The molecule has 0 aliphatic heterocycles. The topological polar surface area (TPSA) is 69.4 Å². The summed E-state index contributed by atoms with van der Waals surface area (Å²) in [6.07, 6.45) is 0.764. The summed E-state index contributed by atoms with van der Waals surface area (Å²) in [4.78, 5) is 22.1. The highest BCUT2D eigenvalue weighted by molar-refractivity contribution is 6.30. The molecule has 2 aromatic rings. The third kappa shape index (κ3) is 4.30. The van der Waals surface area contributed by atoms with Gasteiger partial charge < -0.3 is 4.74 Å². The molecule has 0 aliphatic carbocycles. The standard InChI is InChI=1S/C16H14ClNO4/c1-11-10-14(7-8-15(11)18(20)21)22-16(19)9-4-12-2-5-13(17)6-3-12/h2-3,5-8,10H,4,9H2,1H3. The third-order valence-corrected chi connectivity index (χ3v) is 3.38. The fourth-order valence-corrected chi connectivity index (χ4v) is 2.10. The number of nitrogens with zero attached hydrogens (tertiary/aromatic N) is 1. The predicted octanol–water partition coefficient (Wildman–Crippen LogP) is 4.09. The van der Waals surface area contributed by atoms with E-state index in [0.29, 0.717) is 22.8 Å². The summed E-state index contributed by atoms with van der Waals surface area (Å²) >= 11 is 5.79. The summed E-state index contributed by atoms with van der Waals surface area (Å²) in [7, 11) is 0. The van der Waals surface area contributed by atoms with Gasteiger partial charge in [-0.25, -0.2) is 0 Å². The number of hydrogen-bond acceptors (Lipinski definition) is 4. The highest BCUT2D eigenvalue weighted by Gasteiger charge is 2.12. The third-order valence-electron chi connectivity index (χ3n) is 3.13. The highest BCUT2D eigenvalue weighted by Crippen LogP contribution is 2.23. The van der Waals surface area contributed by atoms with E-state index in [1.54, 1.807) is 19.1 Å². The lowest BCUT2D eigenvalue weighted by Crippen LogP contribution is -2.09. The van der Waals surface area contributed by atoms with Crippen molar-refractivity contribution in [3.8, 4) is 5.75 Å². The van der Waals surface area contributed by atoms with Crippen LogP contribution in [0.3, 0.4) is 0 Å². The summed E-state index contributed by atoms with van der Waals surface area (Å²) in [5, 5.41) is 11.4. The van der Waals surface area contributed by atoms with Gasteiger partial charge in [-0.05, 0) is 43.2 Å². The second-order valence-electron chi connectivity index (χ2n) is 4.81. The molecule has 6 heteroatoms. The molecule has 0 heterocycles. The Morgan fingerprint density at radius 2 is 1.91 bits per heavy atom. The largest absolute Gasteiger partial charge is 0.427 e. The molecule has 0 saturated heterocycles. The van der Waals surface area contributed by atoms with E-state index in [-0.39, 0.29) is 18.1 Å². The number of hydrogen-bond donors (Lipinski definition) is 0. The highest BCUT2D eigenvalue weighted by atomic mass is 35.5. The van der Waals surface area contributed by atoms with Crippen LogP contribution in [-0.2, 0) is 11.2 Å². The van der Waals surface area contributed by atoms with Gasteiger partial charge in [0.1, 0.15) is 5.75 Å². The quantitative estimate of drug-likeness (QED) is 0.360. The Bertz CT molecular complexity index is 698. The maximum absolute atomic E-state index is 11.8. The minimum Gasteiger partial charge on any atom is -0.427 e. The molecule has 2 rings (SSSR count). The SMILES string of the molecule is Cc1cc(OC(=O)CCc2ccc(Cl)cc2)ccc1[N+](=O)[O-]. The molecule has 0 spiro atoms. The average molecular weight is 320 g/mol. The molecule has 2 aromatic carbocycles. The lowest BCUT2D eigenvalue weighted by atomic mass is 10.1. The summed E-state index contributed by atoms with van der Waals surface area (Å²) in [6, 6.07) is 11.5. The van der Waals surface area contributed by atoms with Gasteiger partial charge in [0.05, 0.1) is 4.92 Å². The number of ether oxygens (including phenoxy) is 1. The van der Waals surface area contributed by atoms with Gasteiger partial charge in [-0.15, -0.1) is 0 Å². The maximum Gasteiger partial charge on any atom is 0.311 e. The van der Waals surface area contributed by atoms with Crippen molar-refractivity contribution >= 4 is 23.3 Å². The van der Waals surface area contributed by atoms with Crippen LogP contribution in [0.2, 0.25) is 5.02 Å². The van der Waals surface area contributed by atoms with E-state index < -0.39 is 4.92 Å². The van der Waals surface area contributed by atoms with Gasteiger partial charge >= 0.3 is 5.97 Å². The van der Waals surface area contributed by atoms with Crippen molar-refractivity contribution in [1.29, 1.82) is 0 Å². The predicted molar refractivity (Wildman–Crippen MR) is 83.2 cm³/mol. The van der Waals surface area contributed by atoms with Crippen LogP contribution in [-0.4, -0.2) is 10.9 Å². The molecule has 0 bridgehead atoms. The molecule has 0 atom stereocenters. The molecule has 0 aliphatic rings. The van der Waals surface area contributed by atoms with Gasteiger partial charge in [0, 0.05) is 23.1 Å². The number of carbonyl (C=O) groups excluding carboxylic acids is 1. The normalized spacial score (nSPS) is 10.3. The summed E-state index contributed by atoms with van der Waals surface area (Å²) in [5.41, 5.74) is 1.44. The Kier molecular flexibility index (Phi) is 5.12. The molecular weight excluding hydrogens is 306 g/mol. The van der Waals surface area contributed by atoms with Gasteiger partial charge in [-0.3, -0.25) is 14.9 Å². The van der Waals surface area contributed by atoms with Crippen molar-refractivity contribution < 1.29 is 14.5 Å². The minimum atomic E-state index is -0.471. The van der Waals surface area contributed by atoms with E-state index in [1.165, 1.54) is 18.2 Å². The molecule has 114 valence electrons. The molecule has 0 aromatic heterocycles. The zero-order chi connectivity index (χ0) is 16.1. The lowest BCUT2D eigenvalue weighted by Gasteiger charge is -2.06. The number of benzene rings is 2. The number of carbonyl (C=O) groups is 1. The molecule has 0 saturated carbocycles. The van der Waals surface area contributed by atoms with Crippen LogP contribution < -0.4 is 4.74 Å². The number of nitro benzene ring substituents is 1. The van der Waals surface area contributed by atoms with Gasteiger partial charge in [-0.2, -0.15) is 0 Å². The summed E-state index contributed by atoms with van der Waals surface area (Å²) in [5.74, 6) is -0.0765. The first-order valence-electron chi connectivity index (χ1n) is 6.66. The van der Waals surface area contributed by atoms with Crippen LogP contribution >= 0.6 is 11.6 Å². The monoisotopic (exact) mass is 319 g/mol. The zero-order valence-electron chi connectivity index (χ0n) is 11.9. The van der Waals surface area contributed by atoms with Gasteiger partial charge in [0.25, 0.3) is 5.69 Å². The summed E-state index contributed by atoms with van der Waals surface area (Å²) < 4.78 is 5.19. The Balaban J connectivity index is 1.93. The van der Waals surface area contributed by atoms with E-state index in [9.17, 15) is 14.9 Å². The fraction of sp³-hybridized carbons (Fsp3) is 0.188. The van der Waals surface area contributed by atoms with E-state index in [2.05, 4.69) is 0 Å².